The average molecular weight is 470 g/mol. The van der Waals surface area contributed by atoms with E-state index in [0.29, 0.717) is 25.8 Å². The lowest BCUT2D eigenvalue weighted by molar-refractivity contribution is -0.133. The van der Waals surface area contributed by atoms with Gasteiger partial charge in [-0.15, -0.1) is 0 Å². The summed E-state index contributed by atoms with van der Waals surface area (Å²) in [7, 11) is 0. The fraction of sp³-hybridized carbons (Fsp3) is 0.833. The Morgan fingerprint density at radius 1 is 0.848 bits per heavy atom. The summed E-state index contributed by atoms with van der Waals surface area (Å²) in [6.45, 7) is 14.9. The summed E-state index contributed by atoms with van der Waals surface area (Å²) in [6.07, 6.45) is 3.91. The quantitative estimate of drug-likeness (QED) is 0.220. The summed E-state index contributed by atoms with van der Waals surface area (Å²) in [5, 5.41) is 11.6. The molecule has 33 heavy (non-hydrogen) atoms. The van der Waals surface area contributed by atoms with Crippen LogP contribution in [-0.2, 0) is 14.4 Å². The Labute approximate surface area is 199 Å². The Bertz CT molecular complexity index is 629. The second kappa shape index (κ2) is 15.6. The molecule has 0 aromatic carbocycles. The minimum atomic E-state index is -0.716. The Kier molecular flexibility index (Phi) is 14.6. The molecule has 0 fully saturated rings. The van der Waals surface area contributed by atoms with Crippen LogP contribution in [0.25, 0.3) is 0 Å². The first kappa shape index (κ1) is 30.8. The second-order valence-electron chi connectivity index (χ2n) is 10.3. The SMILES string of the molecule is CC(C)C(=O)[C@H](CCCNC(N)=O)NC(=O)[C@@H](NC(=O)CCCCCNC(C)(C)C)C(C)C. The molecule has 0 aromatic rings. The summed E-state index contributed by atoms with van der Waals surface area (Å²) in [5.41, 5.74) is 5.15. The van der Waals surface area contributed by atoms with Crippen LogP contribution in [0.4, 0.5) is 4.79 Å². The van der Waals surface area contributed by atoms with Crippen molar-refractivity contribution in [2.75, 3.05) is 13.1 Å². The third-order valence-electron chi connectivity index (χ3n) is 5.20. The number of rotatable bonds is 16. The van der Waals surface area contributed by atoms with E-state index in [2.05, 4.69) is 42.0 Å². The van der Waals surface area contributed by atoms with Crippen LogP contribution in [0, 0.1) is 11.8 Å². The van der Waals surface area contributed by atoms with Crippen molar-refractivity contribution in [3.05, 3.63) is 0 Å². The molecule has 0 aromatic heterocycles. The van der Waals surface area contributed by atoms with Gasteiger partial charge in [0.05, 0.1) is 6.04 Å². The lowest BCUT2D eigenvalue weighted by Crippen LogP contribution is -2.54. The molecule has 0 saturated heterocycles. The van der Waals surface area contributed by atoms with Gasteiger partial charge in [0, 0.05) is 24.4 Å². The maximum atomic E-state index is 12.9. The number of carbonyl (C=O) groups excluding carboxylic acids is 4. The Morgan fingerprint density at radius 3 is 2.00 bits per heavy atom. The van der Waals surface area contributed by atoms with Gasteiger partial charge < -0.3 is 27.0 Å². The van der Waals surface area contributed by atoms with E-state index in [1.165, 1.54) is 0 Å². The van der Waals surface area contributed by atoms with E-state index in [-0.39, 0.29) is 35.0 Å². The summed E-state index contributed by atoms with van der Waals surface area (Å²) in [5.74, 6) is -0.990. The van der Waals surface area contributed by atoms with Crippen LogP contribution in [0.5, 0.6) is 0 Å². The van der Waals surface area contributed by atoms with Crippen molar-refractivity contribution in [2.45, 2.75) is 105 Å². The molecule has 6 N–H and O–H groups in total. The number of urea groups is 1. The molecule has 9 nitrogen and oxygen atoms in total. The van der Waals surface area contributed by atoms with Crippen molar-refractivity contribution >= 4 is 23.6 Å². The van der Waals surface area contributed by atoms with Gasteiger partial charge in [-0.2, -0.15) is 0 Å². The fourth-order valence-corrected chi connectivity index (χ4v) is 3.30. The predicted molar refractivity (Wildman–Crippen MR) is 132 cm³/mol. The van der Waals surface area contributed by atoms with E-state index in [1.807, 2.05) is 13.8 Å². The van der Waals surface area contributed by atoms with Crippen LogP contribution in [0.1, 0.15) is 87.0 Å². The van der Waals surface area contributed by atoms with Crippen molar-refractivity contribution in [1.29, 1.82) is 0 Å². The number of amides is 4. The summed E-state index contributed by atoms with van der Waals surface area (Å²) < 4.78 is 0. The van der Waals surface area contributed by atoms with Crippen molar-refractivity contribution in [2.24, 2.45) is 17.6 Å². The van der Waals surface area contributed by atoms with Crippen LogP contribution < -0.4 is 27.0 Å². The molecule has 0 heterocycles. The molecule has 0 unspecified atom stereocenters. The molecule has 192 valence electrons. The van der Waals surface area contributed by atoms with Gasteiger partial charge in [-0.05, 0) is 58.9 Å². The molecule has 9 heteroatoms. The van der Waals surface area contributed by atoms with E-state index in [1.54, 1.807) is 13.8 Å². The van der Waals surface area contributed by atoms with Gasteiger partial charge in [0.1, 0.15) is 6.04 Å². The van der Waals surface area contributed by atoms with Gasteiger partial charge in [-0.1, -0.05) is 34.1 Å². The molecule has 0 rings (SSSR count). The highest BCUT2D eigenvalue weighted by Crippen LogP contribution is 2.10. The molecule has 0 bridgehead atoms. The van der Waals surface area contributed by atoms with Gasteiger partial charge in [0.15, 0.2) is 5.78 Å². The molecule has 0 saturated carbocycles. The lowest BCUT2D eigenvalue weighted by atomic mass is 9.96. The maximum absolute atomic E-state index is 12.9. The Hall–Kier alpha value is -2.16. The first-order valence-corrected chi connectivity index (χ1v) is 12.2. The average Bonchev–Trinajstić information content (AvgIpc) is 2.68. The Balaban J connectivity index is 4.73. The zero-order valence-electron chi connectivity index (χ0n) is 21.7. The molecule has 0 radical (unpaired) electrons. The van der Waals surface area contributed by atoms with Crippen molar-refractivity contribution < 1.29 is 19.2 Å². The first-order chi connectivity index (χ1) is 15.2. The molecule has 4 amide bonds. The number of hydrogen-bond acceptors (Lipinski definition) is 5. The highest BCUT2D eigenvalue weighted by atomic mass is 16.2. The lowest BCUT2D eigenvalue weighted by Gasteiger charge is -2.26. The fourth-order valence-electron chi connectivity index (χ4n) is 3.30. The van der Waals surface area contributed by atoms with Gasteiger partial charge in [-0.25, -0.2) is 4.79 Å². The molecular weight excluding hydrogens is 422 g/mol. The summed E-state index contributed by atoms with van der Waals surface area (Å²) >= 11 is 0. The third kappa shape index (κ3) is 15.3. The zero-order valence-corrected chi connectivity index (χ0v) is 21.7. The van der Waals surface area contributed by atoms with Crippen LogP contribution >= 0.6 is 0 Å². The maximum Gasteiger partial charge on any atom is 0.312 e. The number of nitrogens with two attached hydrogens (primary N) is 1. The standard InChI is InChI=1S/C24H47N5O4/c1-16(2)20(29-19(30)13-9-8-10-15-27-24(5,6)7)22(32)28-18(21(31)17(3)4)12-11-14-26-23(25)33/h16-18,20,27H,8-15H2,1-7H3,(H,28,32)(H,29,30)(H3,25,26,33)/t18-,20-/m0/s1. The van der Waals surface area contributed by atoms with E-state index in [4.69, 9.17) is 5.73 Å². The second-order valence-corrected chi connectivity index (χ2v) is 10.3. The third-order valence-corrected chi connectivity index (χ3v) is 5.20. The number of nitrogens with one attached hydrogen (secondary N) is 4. The highest BCUT2D eigenvalue weighted by Gasteiger charge is 2.29. The van der Waals surface area contributed by atoms with Gasteiger partial charge in [-0.3, -0.25) is 14.4 Å². The normalized spacial score (nSPS) is 13.5. The number of primary amides is 1. The monoisotopic (exact) mass is 469 g/mol. The first-order valence-electron chi connectivity index (χ1n) is 12.2. The van der Waals surface area contributed by atoms with E-state index >= 15 is 0 Å². The predicted octanol–water partition coefficient (Wildman–Crippen LogP) is 2.23. The number of carbonyl (C=O) groups is 4. The zero-order chi connectivity index (χ0) is 25.6. The Morgan fingerprint density at radius 2 is 1.48 bits per heavy atom. The number of ketones is 1. The smallest absolute Gasteiger partial charge is 0.312 e. The van der Waals surface area contributed by atoms with Crippen molar-refractivity contribution in [1.82, 2.24) is 21.3 Å². The van der Waals surface area contributed by atoms with Crippen LogP contribution in [0.15, 0.2) is 0 Å². The minimum Gasteiger partial charge on any atom is -0.352 e. The highest BCUT2D eigenvalue weighted by molar-refractivity contribution is 5.93. The van der Waals surface area contributed by atoms with Crippen molar-refractivity contribution in [3.63, 3.8) is 0 Å². The van der Waals surface area contributed by atoms with Gasteiger partial charge in [0.2, 0.25) is 11.8 Å². The van der Waals surface area contributed by atoms with Crippen LogP contribution in [0.3, 0.4) is 0 Å². The summed E-state index contributed by atoms with van der Waals surface area (Å²) in [6, 6.07) is -2.02. The molecule has 0 aliphatic rings. The number of hydrogen-bond donors (Lipinski definition) is 5. The largest absolute Gasteiger partial charge is 0.352 e. The van der Waals surface area contributed by atoms with Crippen LogP contribution in [-0.4, -0.2) is 54.3 Å². The topological polar surface area (TPSA) is 142 Å². The van der Waals surface area contributed by atoms with Crippen molar-refractivity contribution in [3.8, 4) is 0 Å². The minimum absolute atomic E-state index is 0.0832. The van der Waals surface area contributed by atoms with E-state index < -0.39 is 18.1 Å². The summed E-state index contributed by atoms with van der Waals surface area (Å²) in [4.78, 5) is 48.8. The van der Waals surface area contributed by atoms with Crippen LogP contribution in [0.2, 0.25) is 0 Å². The molecular formula is C24H47N5O4. The molecule has 2 atom stereocenters. The molecule has 0 aliphatic carbocycles. The van der Waals surface area contributed by atoms with Gasteiger partial charge in [0.25, 0.3) is 0 Å². The van der Waals surface area contributed by atoms with Gasteiger partial charge >= 0.3 is 6.03 Å². The van der Waals surface area contributed by atoms with E-state index in [9.17, 15) is 19.2 Å². The molecule has 0 aliphatic heterocycles. The number of unbranched alkanes of at least 4 members (excludes halogenated alkanes) is 2. The number of Topliss-reactive ketones (excluding diaryl/α,β-unsaturated/α-hetero) is 1. The van der Waals surface area contributed by atoms with E-state index in [0.717, 1.165) is 25.8 Å². The molecule has 0 spiro atoms.